The van der Waals surface area contributed by atoms with Crippen LogP contribution in [0, 0.1) is 11.3 Å². The Balaban J connectivity index is 1.89. The first-order valence-electron chi connectivity index (χ1n) is 7.86. The fourth-order valence-electron chi connectivity index (χ4n) is 1.97. The van der Waals surface area contributed by atoms with Gasteiger partial charge in [0.15, 0.2) is 0 Å². The van der Waals surface area contributed by atoms with Crippen molar-refractivity contribution in [1.29, 1.82) is 5.26 Å². The number of oxime groups is 1. The fraction of sp³-hybridized carbons (Fsp3) is 0.211. The van der Waals surface area contributed by atoms with Crippen molar-refractivity contribution in [2.24, 2.45) is 5.16 Å². The van der Waals surface area contributed by atoms with Crippen molar-refractivity contribution in [3.8, 4) is 11.8 Å². The average molecular weight is 337 g/mol. The Labute approximate surface area is 146 Å². The molecule has 6 heteroatoms. The number of rotatable bonds is 7. The molecule has 0 unspecified atom stereocenters. The van der Waals surface area contributed by atoms with Gasteiger partial charge >= 0.3 is 0 Å². The van der Waals surface area contributed by atoms with E-state index < -0.39 is 6.10 Å². The van der Waals surface area contributed by atoms with Gasteiger partial charge in [0.05, 0.1) is 24.1 Å². The smallest absolute Gasteiger partial charge is 0.268 e. The summed E-state index contributed by atoms with van der Waals surface area (Å²) in [4.78, 5) is 17.3. The van der Waals surface area contributed by atoms with Crippen LogP contribution < -0.4 is 10.1 Å². The molecule has 0 aliphatic carbocycles. The average Bonchev–Trinajstić information content (AvgIpc) is 2.63. The molecule has 0 saturated heterocycles. The van der Waals surface area contributed by atoms with E-state index in [0.29, 0.717) is 17.9 Å². The molecule has 0 radical (unpaired) electrons. The number of nitrogens with zero attached hydrogens (tertiary/aromatic N) is 2. The highest BCUT2D eigenvalue weighted by atomic mass is 16.6. The number of hydrogen-bond acceptors (Lipinski definition) is 5. The molecule has 2 rings (SSSR count). The molecule has 2 aromatic carbocycles. The van der Waals surface area contributed by atoms with Crippen LogP contribution in [0.1, 0.15) is 25.0 Å². The van der Waals surface area contributed by atoms with E-state index in [1.54, 1.807) is 31.2 Å². The monoisotopic (exact) mass is 337 g/mol. The fourth-order valence-corrected chi connectivity index (χ4v) is 1.97. The molecule has 0 fully saturated rings. The Morgan fingerprint density at radius 3 is 2.68 bits per heavy atom. The Hall–Kier alpha value is -3.33. The molecule has 1 atom stereocenters. The summed E-state index contributed by atoms with van der Waals surface area (Å²) in [6.45, 7) is 4.11. The highest BCUT2D eigenvalue weighted by Crippen LogP contribution is 2.14. The van der Waals surface area contributed by atoms with E-state index >= 15 is 0 Å². The molecule has 0 heterocycles. The number of carbonyl (C=O) groups excluding carboxylic acids is 1. The number of amides is 1. The first kappa shape index (κ1) is 18.0. The normalized spacial score (nSPS) is 11.6. The van der Waals surface area contributed by atoms with Gasteiger partial charge in [-0.05, 0) is 55.8 Å². The number of carbonyl (C=O) groups is 1. The molecule has 0 aromatic heterocycles. The van der Waals surface area contributed by atoms with Crippen LogP contribution in [0.25, 0.3) is 0 Å². The second-order valence-corrected chi connectivity index (χ2v) is 5.13. The lowest BCUT2D eigenvalue weighted by atomic mass is 10.2. The highest BCUT2D eigenvalue weighted by molar-refractivity contribution is 5.95. The summed E-state index contributed by atoms with van der Waals surface area (Å²) in [6.07, 6.45) is 0.716. The number of para-hydroxylation sites is 1. The van der Waals surface area contributed by atoms with Crippen LogP contribution >= 0.6 is 0 Å². The first-order valence-corrected chi connectivity index (χ1v) is 7.86. The van der Waals surface area contributed by atoms with Gasteiger partial charge in [-0.2, -0.15) is 5.26 Å². The molecule has 0 aliphatic heterocycles. The van der Waals surface area contributed by atoms with E-state index in [0.717, 1.165) is 11.3 Å². The molecular weight excluding hydrogens is 318 g/mol. The van der Waals surface area contributed by atoms with Gasteiger partial charge in [-0.15, -0.1) is 0 Å². The van der Waals surface area contributed by atoms with E-state index in [1.165, 1.54) is 6.21 Å². The van der Waals surface area contributed by atoms with Gasteiger partial charge in [-0.3, -0.25) is 4.79 Å². The lowest BCUT2D eigenvalue weighted by Gasteiger charge is -2.11. The second kappa shape index (κ2) is 9.08. The van der Waals surface area contributed by atoms with E-state index in [9.17, 15) is 4.79 Å². The standard InChI is InChI=1S/C19H19N3O3/c1-3-24-17-10-8-15(9-11-17)13-21-25-14(2)19(23)22-18-7-5-4-6-16(18)12-20/h4-11,13-14H,3H2,1-2H3,(H,22,23)/b21-13-/t14-/m0/s1. The molecule has 1 amide bonds. The molecule has 0 bridgehead atoms. The number of benzene rings is 2. The third-order valence-corrected chi connectivity index (χ3v) is 3.29. The predicted molar refractivity (Wildman–Crippen MR) is 95.5 cm³/mol. The van der Waals surface area contributed by atoms with Crippen LogP contribution in [-0.2, 0) is 9.63 Å². The number of hydrogen-bond donors (Lipinski definition) is 1. The van der Waals surface area contributed by atoms with Crippen LogP contribution in [0.4, 0.5) is 5.69 Å². The summed E-state index contributed by atoms with van der Waals surface area (Å²) in [5.74, 6) is 0.399. The quantitative estimate of drug-likeness (QED) is 0.620. The summed E-state index contributed by atoms with van der Waals surface area (Å²) in [7, 11) is 0. The van der Waals surface area contributed by atoms with Gasteiger partial charge in [-0.1, -0.05) is 17.3 Å². The van der Waals surface area contributed by atoms with Crippen molar-refractivity contribution in [3.63, 3.8) is 0 Å². The molecular formula is C19H19N3O3. The number of nitrogens with one attached hydrogen (secondary N) is 1. The molecule has 0 spiro atoms. The van der Waals surface area contributed by atoms with E-state index in [-0.39, 0.29) is 5.91 Å². The molecule has 128 valence electrons. The summed E-state index contributed by atoms with van der Waals surface area (Å²) < 4.78 is 5.36. The maximum Gasteiger partial charge on any atom is 0.268 e. The van der Waals surface area contributed by atoms with Crippen LogP contribution in [-0.4, -0.2) is 24.8 Å². The minimum Gasteiger partial charge on any atom is -0.494 e. The van der Waals surface area contributed by atoms with E-state index in [4.69, 9.17) is 14.8 Å². The molecule has 25 heavy (non-hydrogen) atoms. The highest BCUT2D eigenvalue weighted by Gasteiger charge is 2.15. The third kappa shape index (κ3) is 5.36. The summed E-state index contributed by atoms with van der Waals surface area (Å²) in [6, 6.07) is 16.1. The summed E-state index contributed by atoms with van der Waals surface area (Å²) in [5.41, 5.74) is 1.66. The number of ether oxygens (including phenoxy) is 1. The van der Waals surface area contributed by atoms with Crippen molar-refractivity contribution in [3.05, 3.63) is 59.7 Å². The van der Waals surface area contributed by atoms with Gasteiger partial charge in [0.25, 0.3) is 5.91 Å². The van der Waals surface area contributed by atoms with Crippen LogP contribution in [0.5, 0.6) is 5.75 Å². The minimum atomic E-state index is -0.800. The zero-order chi connectivity index (χ0) is 18.1. The van der Waals surface area contributed by atoms with Gasteiger partial charge in [0, 0.05) is 0 Å². The lowest BCUT2D eigenvalue weighted by molar-refractivity contribution is -0.126. The zero-order valence-electron chi connectivity index (χ0n) is 14.1. The molecule has 1 N–H and O–H groups in total. The van der Waals surface area contributed by atoms with E-state index in [1.807, 2.05) is 37.3 Å². The Kier molecular flexibility index (Phi) is 6.55. The Bertz CT molecular complexity index is 779. The number of anilines is 1. The van der Waals surface area contributed by atoms with Crippen molar-refractivity contribution < 1.29 is 14.4 Å². The van der Waals surface area contributed by atoms with Gasteiger partial charge in [-0.25, -0.2) is 0 Å². The largest absolute Gasteiger partial charge is 0.494 e. The van der Waals surface area contributed by atoms with Gasteiger partial charge in [0.1, 0.15) is 11.8 Å². The first-order chi connectivity index (χ1) is 12.1. The topological polar surface area (TPSA) is 83.7 Å². The SMILES string of the molecule is CCOc1ccc(/C=N\O[C@@H](C)C(=O)Nc2ccccc2C#N)cc1. The molecule has 2 aromatic rings. The summed E-state index contributed by atoms with van der Waals surface area (Å²) in [5, 5.41) is 15.5. The predicted octanol–water partition coefficient (Wildman–Crippen LogP) is 3.33. The van der Waals surface area contributed by atoms with Crippen LogP contribution in [0.3, 0.4) is 0 Å². The minimum absolute atomic E-state index is 0.383. The lowest BCUT2D eigenvalue weighted by Crippen LogP contribution is -2.26. The van der Waals surface area contributed by atoms with Crippen molar-refractivity contribution in [2.45, 2.75) is 20.0 Å². The summed E-state index contributed by atoms with van der Waals surface area (Å²) >= 11 is 0. The maximum atomic E-state index is 12.1. The van der Waals surface area contributed by atoms with Gasteiger partial charge < -0.3 is 14.9 Å². The van der Waals surface area contributed by atoms with Crippen LogP contribution in [0.2, 0.25) is 0 Å². The number of nitriles is 1. The molecule has 6 nitrogen and oxygen atoms in total. The Morgan fingerprint density at radius 1 is 1.28 bits per heavy atom. The third-order valence-electron chi connectivity index (χ3n) is 3.29. The Morgan fingerprint density at radius 2 is 2.00 bits per heavy atom. The second-order valence-electron chi connectivity index (χ2n) is 5.13. The molecule has 0 saturated carbocycles. The molecule has 0 aliphatic rings. The zero-order valence-corrected chi connectivity index (χ0v) is 14.1. The van der Waals surface area contributed by atoms with Gasteiger partial charge in [0.2, 0.25) is 6.10 Å². The van der Waals surface area contributed by atoms with Crippen molar-refractivity contribution >= 4 is 17.8 Å². The van der Waals surface area contributed by atoms with Crippen LogP contribution in [0.15, 0.2) is 53.7 Å². The van der Waals surface area contributed by atoms with E-state index in [2.05, 4.69) is 10.5 Å². The maximum absolute atomic E-state index is 12.1. The van der Waals surface area contributed by atoms with Crippen molar-refractivity contribution in [1.82, 2.24) is 0 Å². The van der Waals surface area contributed by atoms with Crippen molar-refractivity contribution in [2.75, 3.05) is 11.9 Å².